The first-order valence-corrected chi connectivity index (χ1v) is 9.28. The van der Waals surface area contributed by atoms with Crippen molar-refractivity contribution < 1.29 is 14.3 Å². The first kappa shape index (κ1) is 18.2. The van der Waals surface area contributed by atoms with Crippen molar-refractivity contribution in [2.24, 2.45) is 0 Å². The zero-order valence-corrected chi connectivity index (χ0v) is 16.8. The average Bonchev–Trinajstić information content (AvgIpc) is 3.03. The first-order chi connectivity index (χ1) is 11.8. The fourth-order valence-corrected chi connectivity index (χ4v) is 3.20. The molecule has 25 heavy (non-hydrogen) atoms. The van der Waals surface area contributed by atoms with Crippen molar-refractivity contribution in [2.75, 3.05) is 19.8 Å². The number of nitrogens with zero attached hydrogens (tertiary/aromatic N) is 3. The Hall–Kier alpha value is -1.61. The van der Waals surface area contributed by atoms with E-state index in [4.69, 9.17) is 9.47 Å². The molecular weight excluding hydrogens is 433 g/mol. The number of hydrogen-bond acceptors (Lipinski definition) is 4. The maximum Gasteiger partial charge on any atom is 0.411 e. The molecule has 0 N–H and O–H groups in total. The zero-order valence-electron chi connectivity index (χ0n) is 14.6. The van der Waals surface area contributed by atoms with Gasteiger partial charge >= 0.3 is 6.09 Å². The second-order valence-electron chi connectivity index (χ2n) is 6.95. The van der Waals surface area contributed by atoms with Gasteiger partial charge in [0.1, 0.15) is 11.6 Å². The van der Waals surface area contributed by atoms with Crippen LogP contribution in [0.2, 0.25) is 0 Å². The SMILES string of the molecule is CC(C)(C)OC(=O)N1CCOCC1c1cn(-c2cccc(I)c2)cn1. The van der Waals surface area contributed by atoms with Gasteiger partial charge in [-0.25, -0.2) is 9.78 Å². The summed E-state index contributed by atoms with van der Waals surface area (Å²) in [7, 11) is 0. The van der Waals surface area contributed by atoms with E-state index in [-0.39, 0.29) is 12.1 Å². The van der Waals surface area contributed by atoms with E-state index in [1.165, 1.54) is 0 Å². The van der Waals surface area contributed by atoms with Gasteiger partial charge in [-0.2, -0.15) is 0 Å². The smallest absolute Gasteiger partial charge is 0.411 e. The van der Waals surface area contributed by atoms with Crippen molar-refractivity contribution >= 4 is 28.7 Å². The van der Waals surface area contributed by atoms with Crippen molar-refractivity contribution in [1.29, 1.82) is 0 Å². The van der Waals surface area contributed by atoms with Crippen LogP contribution in [-0.4, -0.2) is 45.9 Å². The summed E-state index contributed by atoms with van der Waals surface area (Å²) in [6, 6.07) is 7.91. The van der Waals surface area contributed by atoms with Crippen molar-refractivity contribution in [1.82, 2.24) is 14.5 Å². The van der Waals surface area contributed by atoms with E-state index in [2.05, 4.69) is 33.6 Å². The van der Waals surface area contributed by atoms with Gasteiger partial charge in [0.2, 0.25) is 0 Å². The standard InChI is InChI=1S/C18H22IN3O3/c1-18(2,3)25-17(23)22-7-8-24-11-16(22)15-10-21(12-20-15)14-6-4-5-13(19)9-14/h4-6,9-10,12,16H,7-8,11H2,1-3H3. The van der Waals surface area contributed by atoms with Crippen molar-refractivity contribution in [3.05, 3.63) is 46.1 Å². The van der Waals surface area contributed by atoms with E-state index in [0.29, 0.717) is 19.8 Å². The summed E-state index contributed by atoms with van der Waals surface area (Å²) in [6.07, 6.45) is 3.38. The lowest BCUT2D eigenvalue weighted by Crippen LogP contribution is -2.45. The fourth-order valence-electron chi connectivity index (χ4n) is 2.68. The Kier molecular flexibility index (Phi) is 5.33. The van der Waals surface area contributed by atoms with Gasteiger partial charge in [-0.15, -0.1) is 0 Å². The molecular formula is C18H22IN3O3. The van der Waals surface area contributed by atoms with E-state index in [1.54, 1.807) is 11.2 Å². The Balaban J connectivity index is 1.82. The van der Waals surface area contributed by atoms with Gasteiger partial charge in [-0.05, 0) is 61.6 Å². The minimum atomic E-state index is -0.528. The number of carbonyl (C=O) groups excluding carboxylic acids is 1. The predicted molar refractivity (Wildman–Crippen MR) is 103 cm³/mol. The normalized spacial score (nSPS) is 18.2. The van der Waals surface area contributed by atoms with Crippen LogP contribution in [0.5, 0.6) is 0 Å². The summed E-state index contributed by atoms with van der Waals surface area (Å²) in [4.78, 5) is 18.7. The Morgan fingerprint density at radius 3 is 2.92 bits per heavy atom. The van der Waals surface area contributed by atoms with Gasteiger partial charge < -0.3 is 14.0 Å². The maximum atomic E-state index is 12.5. The lowest BCUT2D eigenvalue weighted by Gasteiger charge is -2.35. The average molecular weight is 455 g/mol. The van der Waals surface area contributed by atoms with Crippen LogP contribution in [0.15, 0.2) is 36.8 Å². The summed E-state index contributed by atoms with van der Waals surface area (Å²) in [5.41, 5.74) is 1.30. The van der Waals surface area contributed by atoms with Gasteiger partial charge in [0, 0.05) is 22.0 Å². The lowest BCUT2D eigenvalue weighted by atomic mass is 10.1. The molecule has 1 saturated heterocycles. The van der Waals surface area contributed by atoms with Crippen LogP contribution in [0.4, 0.5) is 4.79 Å². The number of rotatable bonds is 2. The predicted octanol–water partition coefficient (Wildman–Crippen LogP) is 3.79. The molecule has 1 aromatic heterocycles. The molecule has 1 amide bonds. The second-order valence-corrected chi connectivity index (χ2v) is 8.20. The summed E-state index contributed by atoms with van der Waals surface area (Å²) in [6.45, 7) is 7.02. The molecule has 134 valence electrons. The fraction of sp³-hybridized carbons (Fsp3) is 0.444. The molecule has 1 unspecified atom stereocenters. The number of ether oxygens (including phenoxy) is 2. The van der Waals surface area contributed by atoms with Gasteiger partial charge in [0.15, 0.2) is 0 Å². The molecule has 0 aliphatic carbocycles. The highest BCUT2D eigenvalue weighted by Crippen LogP contribution is 2.26. The molecule has 3 rings (SSSR count). The second kappa shape index (κ2) is 7.33. The van der Waals surface area contributed by atoms with Crippen LogP contribution in [0.3, 0.4) is 0 Å². The molecule has 1 aliphatic rings. The summed E-state index contributed by atoms with van der Waals surface area (Å²) in [5.74, 6) is 0. The number of imidazole rings is 1. The molecule has 2 aromatic rings. The molecule has 0 saturated carbocycles. The molecule has 7 heteroatoms. The van der Waals surface area contributed by atoms with Gasteiger partial charge in [0.25, 0.3) is 0 Å². The zero-order chi connectivity index (χ0) is 18.0. The summed E-state index contributed by atoms with van der Waals surface area (Å²) >= 11 is 2.28. The molecule has 2 heterocycles. The number of morpholine rings is 1. The topological polar surface area (TPSA) is 56.6 Å². The quantitative estimate of drug-likeness (QED) is 0.647. The van der Waals surface area contributed by atoms with Crippen LogP contribution >= 0.6 is 22.6 Å². The number of hydrogen-bond donors (Lipinski definition) is 0. The lowest BCUT2D eigenvalue weighted by molar-refractivity contribution is -0.0339. The number of benzene rings is 1. The Bertz CT molecular complexity index is 754. The largest absolute Gasteiger partial charge is 0.444 e. The molecule has 1 fully saturated rings. The van der Waals surface area contributed by atoms with Crippen molar-refractivity contribution in [2.45, 2.75) is 32.4 Å². The third kappa shape index (κ3) is 4.52. The third-order valence-corrected chi connectivity index (χ3v) is 4.48. The molecule has 6 nitrogen and oxygen atoms in total. The number of aromatic nitrogens is 2. The van der Waals surface area contributed by atoms with Crippen LogP contribution in [0.25, 0.3) is 5.69 Å². The van der Waals surface area contributed by atoms with Crippen molar-refractivity contribution in [3.63, 3.8) is 0 Å². The molecule has 1 aromatic carbocycles. The molecule has 0 bridgehead atoms. The molecule has 1 atom stereocenters. The van der Waals surface area contributed by atoms with Crippen LogP contribution < -0.4 is 0 Å². The van der Waals surface area contributed by atoms with Gasteiger partial charge in [-0.3, -0.25) is 4.90 Å². The first-order valence-electron chi connectivity index (χ1n) is 8.21. The van der Waals surface area contributed by atoms with Gasteiger partial charge in [0.05, 0.1) is 25.2 Å². The number of halogens is 1. The van der Waals surface area contributed by atoms with Crippen LogP contribution in [0.1, 0.15) is 32.5 Å². The van der Waals surface area contributed by atoms with E-state index in [1.807, 2.05) is 49.7 Å². The third-order valence-electron chi connectivity index (χ3n) is 3.81. The minimum absolute atomic E-state index is 0.243. The summed E-state index contributed by atoms with van der Waals surface area (Å²) in [5, 5.41) is 0. The Morgan fingerprint density at radius 1 is 1.40 bits per heavy atom. The highest BCUT2D eigenvalue weighted by atomic mass is 127. The maximum absolute atomic E-state index is 12.5. The van der Waals surface area contributed by atoms with E-state index in [9.17, 15) is 4.79 Å². The monoisotopic (exact) mass is 455 g/mol. The highest BCUT2D eigenvalue weighted by molar-refractivity contribution is 14.1. The van der Waals surface area contributed by atoms with E-state index >= 15 is 0 Å². The van der Waals surface area contributed by atoms with Crippen molar-refractivity contribution in [3.8, 4) is 5.69 Å². The molecule has 1 aliphatic heterocycles. The van der Waals surface area contributed by atoms with E-state index in [0.717, 1.165) is 15.0 Å². The number of carbonyl (C=O) groups is 1. The molecule has 0 spiro atoms. The van der Waals surface area contributed by atoms with Crippen LogP contribution in [0, 0.1) is 3.57 Å². The molecule has 0 radical (unpaired) electrons. The summed E-state index contributed by atoms with van der Waals surface area (Å²) < 4.78 is 14.2. The van der Waals surface area contributed by atoms with Crippen LogP contribution in [-0.2, 0) is 9.47 Å². The minimum Gasteiger partial charge on any atom is -0.444 e. The van der Waals surface area contributed by atoms with E-state index < -0.39 is 5.60 Å². The number of amides is 1. The Morgan fingerprint density at radius 2 is 2.20 bits per heavy atom. The highest BCUT2D eigenvalue weighted by Gasteiger charge is 2.33. The van der Waals surface area contributed by atoms with Gasteiger partial charge in [-0.1, -0.05) is 6.07 Å². The Labute approximate surface area is 161 Å².